The molecule has 1 N–H and O–H groups in total. The Morgan fingerprint density at radius 1 is 1.33 bits per heavy atom. The summed E-state index contributed by atoms with van der Waals surface area (Å²) in [5.74, 6) is 0. The van der Waals surface area contributed by atoms with Crippen molar-refractivity contribution in [2.75, 3.05) is 0 Å². The van der Waals surface area contributed by atoms with Crippen LogP contribution in [0.2, 0.25) is 0 Å². The maximum absolute atomic E-state index is 10.8. The summed E-state index contributed by atoms with van der Waals surface area (Å²) in [6.07, 6.45) is 2.33. The van der Waals surface area contributed by atoms with Gasteiger partial charge in [-0.15, -0.1) is 0 Å². The molecular weight excluding hydrogens is 227 g/mol. The molecule has 0 saturated carbocycles. The van der Waals surface area contributed by atoms with Crippen LogP contribution in [0.25, 0.3) is 0 Å². The van der Waals surface area contributed by atoms with Crippen LogP contribution in [-0.2, 0) is 10.1 Å². The van der Waals surface area contributed by atoms with E-state index in [-0.39, 0.29) is 36.0 Å². The average Bonchev–Trinajstić information content (AvgIpc) is 2.00. The molecule has 0 rings (SSSR count). The van der Waals surface area contributed by atoms with Gasteiger partial charge in [-0.1, -0.05) is 26.2 Å². The van der Waals surface area contributed by atoms with Crippen LogP contribution in [0, 0.1) is 0 Å². The van der Waals surface area contributed by atoms with Gasteiger partial charge < -0.3 is 9.66 Å². The van der Waals surface area contributed by atoms with Gasteiger partial charge in [-0.05, 0) is 19.8 Å². The van der Waals surface area contributed by atoms with E-state index in [0.717, 1.165) is 19.3 Å². The Balaban J connectivity index is 0. The van der Waals surface area contributed by atoms with Gasteiger partial charge in [-0.2, -0.15) is 0 Å². The molecule has 2 unspecified atom stereocenters. The largest absolute Gasteiger partial charge is 1.00 e. The first-order valence-corrected chi connectivity index (χ1v) is 6.47. The van der Waals surface area contributed by atoms with Crippen molar-refractivity contribution in [2.24, 2.45) is 0 Å². The molecule has 0 radical (unpaired) electrons. The minimum absolute atomic E-state index is 0. The second kappa shape index (κ2) is 8.96. The number of hydrogen-bond acceptors (Lipinski definition) is 4. The summed E-state index contributed by atoms with van der Waals surface area (Å²) in [4.78, 5) is 0. The fourth-order valence-electron chi connectivity index (χ4n) is 1.38. The van der Waals surface area contributed by atoms with E-state index in [4.69, 9.17) is 5.11 Å². The predicted octanol–water partition coefficient (Wildman–Crippen LogP) is -1.74. The van der Waals surface area contributed by atoms with E-state index < -0.39 is 21.5 Å². The normalized spacial score (nSPS) is 15.5. The first-order valence-electron chi connectivity index (χ1n) is 5.00. The van der Waals surface area contributed by atoms with Gasteiger partial charge in [0.15, 0.2) is 0 Å². The van der Waals surface area contributed by atoms with Crippen molar-refractivity contribution >= 4 is 10.1 Å². The molecule has 0 aromatic rings. The first-order chi connectivity index (χ1) is 6.38. The van der Waals surface area contributed by atoms with Gasteiger partial charge in [-0.3, -0.25) is 0 Å². The Morgan fingerprint density at radius 2 is 1.87 bits per heavy atom. The van der Waals surface area contributed by atoms with Crippen LogP contribution in [0.5, 0.6) is 0 Å². The molecule has 0 amide bonds. The van der Waals surface area contributed by atoms with E-state index in [1.165, 1.54) is 6.92 Å². The van der Waals surface area contributed by atoms with Gasteiger partial charge in [-0.25, -0.2) is 8.42 Å². The van der Waals surface area contributed by atoms with Gasteiger partial charge >= 0.3 is 29.6 Å². The third-order valence-corrected chi connectivity index (χ3v) is 3.39. The summed E-state index contributed by atoms with van der Waals surface area (Å²) in [6, 6.07) is 0. The fourth-order valence-corrected chi connectivity index (χ4v) is 2.35. The monoisotopic (exact) mass is 246 g/mol. The molecule has 0 aliphatic rings. The van der Waals surface area contributed by atoms with Gasteiger partial charge in [0.2, 0.25) is 0 Å². The molecule has 0 heterocycles. The van der Waals surface area contributed by atoms with Crippen LogP contribution in [0.3, 0.4) is 0 Å². The zero-order valence-corrected chi connectivity index (χ0v) is 12.6. The predicted molar refractivity (Wildman–Crippen MR) is 53.9 cm³/mol. The smallest absolute Gasteiger partial charge is 0.748 e. The minimum atomic E-state index is -4.25. The minimum Gasteiger partial charge on any atom is -0.748 e. The third-order valence-electron chi connectivity index (χ3n) is 2.14. The Bertz CT molecular complexity index is 238. The molecule has 0 bridgehead atoms. The first kappa shape index (κ1) is 18.2. The van der Waals surface area contributed by atoms with Crippen LogP contribution in [0.15, 0.2) is 0 Å². The van der Waals surface area contributed by atoms with E-state index in [2.05, 4.69) is 0 Å². The second-order valence-electron chi connectivity index (χ2n) is 3.70. The third kappa shape index (κ3) is 9.78. The van der Waals surface area contributed by atoms with Crippen LogP contribution >= 0.6 is 0 Å². The molecule has 6 heteroatoms. The van der Waals surface area contributed by atoms with Crippen LogP contribution in [0.4, 0.5) is 0 Å². The molecule has 0 aliphatic heterocycles. The molecule has 86 valence electrons. The van der Waals surface area contributed by atoms with Gasteiger partial charge in [0.25, 0.3) is 0 Å². The van der Waals surface area contributed by atoms with Crippen molar-refractivity contribution in [1.29, 1.82) is 0 Å². The van der Waals surface area contributed by atoms with Crippen LogP contribution < -0.4 is 29.6 Å². The molecule has 4 nitrogen and oxygen atoms in total. The Labute approximate surface area is 114 Å². The zero-order chi connectivity index (χ0) is 11.2. The number of rotatable bonds is 7. The van der Waals surface area contributed by atoms with E-state index in [1.807, 2.05) is 6.92 Å². The molecule has 0 fully saturated rings. The zero-order valence-electron chi connectivity index (χ0n) is 9.77. The maximum Gasteiger partial charge on any atom is 1.00 e. The molecule has 15 heavy (non-hydrogen) atoms. The van der Waals surface area contributed by atoms with E-state index in [0.29, 0.717) is 6.42 Å². The molecule has 0 aromatic carbocycles. The summed E-state index contributed by atoms with van der Waals surface area (Å²) in [6.45, 7) is 3.51. The second-order valence-corrected chi connectivity index (χ2v) is 5.35. The summed E-state index contributed by atoms with van der Waals surface area (Å²) in [5, 5.41) is 8.12. The topological polar surface area (TPSA) is 77.4 Å². The standard InChI is InChI=1S/C9H20O4S.Na/c1-3-4-5-6-9(7-8(2)10)14(11,12)13;/h8-10H,3-7H2,1-2H3,(H,11,12,13);/q;+1/p-1. The summed E-state index contributed by atoms with van der Waals surface area (Å²) in [7, 11) is -4.25. The summed E-state index contributed by atoms with van der Waals surface area (Å²) < 4.78 is 32.4. The molecule has 0 saturated heterocycles. The molecular formula is C9H19NaO4S. The number of hydrogen-bond donors (Lipinski definition) is 1. The Morgan fingerprint density at radius 3 is 2.20 bits per heavy atom. The van der Waals surface area contributed by atoms with Crippen molar-refractivity contribution in [1.82, 2.24) is 0 Å². The van der Waals surface area contributed by atoms with Crippen molar-refractivity contribution in [3.8, 4) is 0 Å². The number of aliphatic hydroxyl groups is 1. The van der Waals surface area contributed by atoms with E-state index >= 15 is 0 Å². The van der Waals surface area contributed by atoms with Crippen molar-refractivity contribution in [2.45, 2.75) is 57.3 Å². The number of unbranched alkanes of at least 4 members (excludes halogenated alkanes) is 2. The van der Waals surface area contributed by atoms with Gasteiger partial charge in [0, 0.05) is 0 Å². The van der Waals surface area contributed by atoms with Crippen molar-refractivity contribution in [3.63, 3.8) is 0 Å². The Kier molecular flexibility index (Phi) is 10.9. The summed E-state index contributed by atoms with van der Waals surface area (Å²) >= 11 is 0. The molecule has 0 spiro atoms. The molecule has 0 aliphatic carbocycles. The van der Waals surface area contributed by atoms with Crippen molar-refractivity contribution in [3.05, 3.63) is 0 Å². The van der Waals surface area contributed by atoms with E-state index in [9.17, 15) is 13.0 Å². The van der Waals surface area contributed by atoms with Crippen molar-refractivity contribution < 1.29 is 47.6 Å². The van der Waals surface area contributed by atoms with Crippen LogP contribution in [-0.4, -0.2) is 29.4 Å². The van der Waals surface area contributed by atoms with E-state index in [1.54, 1.807) is 0 Å². The average molecular weight is 246 g/mol. The quantitative estimate of drug-likeness (QED) is 0.328. The molecule has 0 aromatic heterocycles. The maximum atomic E-state index is 10.8. The fraction of sp³-hybridized carbons (Fsp3) is 1.00. The Hall–Kier alpha value is 0.870. The van der Waals surface area contributed by atoms with Gasteiger partial charge in [0.1, 0.15) is 0 Å². The SMILES string of the molecule is CCCCCC(CC(C)O)S(=O)(=O)[O-].[Na+]. The summed E-state index contributed by atoms with van der Waals surface area (Å²) in [5.41, 5.74) is 0. The number of aliphatic hydroxyl groups excluding tert-OH is 1. The van der Waals surface area contributed by atoms with Crippen LogP contribution in [0.1, 0.15) is 46.0 Å². The van der Waals surface area contributed by atoms with Gasteiger partial charge in [0.05, 0.1) is 21.5 Å². The molecule has 2 atom stereocenters.